The van der Waals surface area contributed by atoms with E-state index in [1.54, 1.807) is 20.8 Å². The van der Waals surface area contributed by atoms with Crippen molar-refractivity contribution in [1.29, 1.82) is 0 Å². The van der Waals surface area contributed by atoms with Crippen molar-refractivity contribution in [3.8, 4) is 11.1 Å². The third-order valence-corrected chi connectivity index (χ3v) is 5.86. The summed E-state index contributed by atoms with van der Waals surface area (Å²) in [6.07, 6.45) is -1.59. The van der Waals surface area contributed by atoms with Crippen molar-refractivity contribution in [1.82, 2.24) is 10.6 Å². The van der Waals surface area contributed by atoms with E-state index in [2.05, 4.69) is 5.32 Å². The van der Waals surface area contributed by atoms with Gasteiger partial charge in [0.05, 0.1) is 13.0 Å². The second-order valence-electron chi connectivity index (χ2n) is 9.37. The molecule has 2 amide bonds. The maximum absolute atomic E-state index is 14.4. The van der Waals surface area contributed by atoms with Gasteiger partial charge in [-0.1, -0.05) is 69.3 Å². The molecule has 7 nitrogen and oxygen atoms in total. The van der Waals surface area contributed by atoms with Gasteiger partial charge < -0.3 is 20.5 Å². The number of ether oxygens (including phenoxy) is 1. The number of alkyl halides is 2. The number of aliphatic carboxylic acids is 1. The Bertz CT molecular complexity index is 1040. The number of carboxylic acids is 1. The Morgan fingerprint density at radius 1 is 1.00 bits per heavy atom. The molecule has 34 heavy (non-hydrogen) atoms. The summed E-state index contributed by atoms with van der Waals surface area (Å²) < 4.78 is 33.9. The number of fused-ring (bicyclic) bond motifs is 3. The molecule has 3 rings (SSSR count). The van der Waals surface area contributed by atoms with Gasteiger partial charge in [-0.25, -0.2) is 4.79 Å². The molecule has 2 aromatic carbocycles. The van der Waals surface area contributed by atoms with Crippen molar-refractivity contribution >= 4 is 18.0 Å². The molecule has 1 aliphatic carbocycles. The second-order valence-corrected chi connectivity index (χ2v) is 9.37. The quantitative estimate of drug-likeness (QED) is 0.533. The molecule has 1 aliphatic rings. The van der Waals surface area contributed by atoms with Crippen molar-refractivity contribution < 1.29 is 33.0 Å². The van der Waals surface area contributed by atoms with Gasteiger partial charge in [0.15, 0.2) is 0 Å². The standard InChI is InChI=1S/C25H28F2N2O5/c1-24(2,3)20(12-21(30)31)29-22(32)25(26,27)14-28-23(33)34-13-19-17-10-6-4-8-15(17)16-9-5-7-11-18(16)19/h4-11,19-20H,12-14H2,1-3H3,(H,28,33)(H,29,32)(H,30,31). The molecule has 182 valence electrons. The van der Waals surface area contributed by atoms with Crippen LogP contribution < -0.4 is 10.6 Å². The van der Waals surface area contributed by atoms with Crippen molar-refractivity contribution in [3.05, 3.63) is 59.7 Å². The number of hydrogen-bond donors (Lipinski definition) is 3. The van der Waals surface area contributed by atoms with E-state index < -0.39 is 48.3 Å². The van der Waals surface area contributed by atoms with E-state index in [0.29, 0.717) is 0 Å². The fourth-order valence-corrected chi connectivity index (χ4v) is 3.93. The van der Waals surface area contributed by atoms with E-state index >= 15 is 0 Å². The Balaban J connectivity index is 1.57. The molecule has 0 fully saturated rings. The first-order valence-corrected chi connectivity index (χ1v) is 10.9. The van der Waals surface area contributed by atoms with Gasteiger partial charge in [0.2, 0.25) is 0 Å². The van der Waals surface area contributed by atoms with Gasteiger partial charge in [-0.15, -0.1) is 0 Å². The summed E-state index contributed by atoms with van der Waals surface area (Å²) in [5.74, 6) is -7.06. The highest BCUT2D eigenvalue weighted by atomic mass is 19.3. The third-order valence-electron chi connectivity index (χ3n) is 5.86. The van der Waals surface area contributed by atoms with E-state index in [0.717, 1.165) is 22.3 Å². The molecule has 0 saturated carbocycles. The van der Waals surface area contributed by atoms with Gasteiger partial charge in [-0.3, -0.25) is 9.59 Å². The van der Waals surface area contributed by atoms with Crippen molar-refractivity contribution in [3.63, 3.8) is 0 Å². The molecular weight excluding hydrogens is 446 g/mol. The number of rotatable bonds is 8. The third kappa shape index (κ3) is 5.70. The lowest BCUT2D eigenvalue weighted by Crippen LogP contribution is -2.54. The molecule has 2 aromatic rings. The largest absolute Gasteiger partial charge is 0.481 e. The number of hydrogen-bond acceptors (Lipinski definition) is 4. The van der Waals surface area contributed by atoms with E-state index in [9.17, 15) is 23.2 Å². The van der Waals surface area contributed by atoms with Crippen LogP contribution in [0.4, 0.5) is 13.6 Å². The van der Waals surface area contributed by atoms with Crippen LogP contribution in [0.15, 0.2) is 48.5 Å². The topological polar surface area (TPSA) is 105 Å². The fraction of sp³-hybridized carbons (Fsp3) is 0.400. The number of carbonyl (C=O) groups is 3. The average molecular weight is 475 g/mol. The molecule has 0 bridgehead atoms. The zero-order valence-corrected chi connectivity index (χ0v) is 19.2. The lowest BCUT2D eigenvalue weighted by molar-refractivity contribution is -0.147. The lowest BCUT2D eigenvalue weighted by atomic mass is 9.84. The first-order chi connectivity index (χ1) is 15.9. The summed E-state index contributed by atoms with van der Waals surface area (Å²) in [6, 6.07) is 14.4. The van der Waals surface area contributed by atoms with Crippen molar-refractivity contribution in [2.45, 2.75) is 45.1 Å². The first kappa shape index (κ1) is 25.1. The number of alkyl carbamates (subject to hydrolysis) is 1. The van der Waals surface area contributed by atoms with Crippen LogP contribution in [0, 0.1) is 5.41 Å². The number of carboxylic acid groups (broad SMARTS) is 1. The minimum absolute atomic E-state index is 0.0532. The van der Waals surface area contributed by atoms with Crippen LogP contribution in [0.3, 0.4) is 0 Å². The van der Waals surface area contributed by atoms with Crippen molar-refractivity contribution in [2.24, 2.45) is 5.41 Å². The van der Waals surface area contributed by atoms with Crippen LogP contribution in [0.5, 0.6) is 0 Å². The second kappa shape index (κ2) is 9.79. The zero-order valence-electron chi connectivity index (χ0n) is 19.2. The molecule has 0 radical (unpaired) electrons. The highest BCUT2D eigenvalue weighted by Crippen LogP contribution is 2.44. The summed E-state index contributed by atoms with van der Waals surface area (Å²) in [5, 5.41) is 13.0. The summed E-state index contributed by atoms with van der Waals surface area (Å²) in [6.45, 7) is 3.57. The summed E-state index contributed by atoms with van der Waals surface area (Å²) in [4.78, 5) is 35.3. The number of carbonyl (C=O) groups excluding carboxylic acids is 2. The van der Waals surface area contributed by atoms with Gasteiger partial charge >= 0.3 is 18.0 Å². The predicted molar refractivity (Wildman–Crippen MR) is 122 cm³/mol. The SMILES string of the molecule is CC(C)(C)C(CC(=O)O)NC(=O)C(F)(F)CNC(=O)OCC1c2ccccc2-c2ccccc21. The number of amides is 2. The molecule has 0 aliphatic heterocycles. The molecule has 0 saturated heterocycles. The molecule has 0 spiro atoms. The van der Waals surface area contributed by atoms with Crippen LogP contribution in [-0.2, 0) is 14.3 Å². The summed E-state index contributed by atoms with van der Waals surface area (Å²) in [7, 11) is 0. The van der Waals surface area contributed by atoms with Crippen molar-refractivity contribution in [2.75, 3.05) is 13.2 Å². The highest BCUT2D eigenvalue weighted by molar-refractivity contribution is 5.85. The first-order valence-electron chi connectivity index (χ1n) is 10.9. The Kier molecular flexibility index (Phi) is 7.24. The Morgan fingerprint density at radius 2 is 1.53 bits per heavy atom. The van der Waals surface area contributed by atoms with Crippen LogP contribution >= 0.6 is 0 Å². The van der Waals surface area contributed by atoms with Gasteiger partial charge in [0, 0.05) is 12.0 Å². The average Bonchev–Trinajstić information content (AvgIpc) is 3.08. The van der Waals surface area contributed by atoms with Crippen LogP contribution in [-0.4, -0.2) is 48.2 Å². The van der Waals surface area contributed by atoms with Gasteiger partial charge in [-0.05, 0) is 27.7 Å². The summed E-state index contributed by atoms with van der Waals surface area (Å²) in [5.41, 5.74) is 3.26. The van der Waals surface area contributed by atoms with E-state index in [4.69, 9.17) is 9.84 Å². The Labute approximate surface area is 196 Å². The molecule has 0 heterocycles. The molecular formula is C25H28F2N2O5. The molecule has 3 N–H and O–H groups in total. The van der Waals surface area contributed by atoms with Crippen LogP contribution in [0.1, 0.15) is 44.2 Å². The summed E-state index contributed by atoms with van der Waals surface area (Å²) >= 11 is 0. The molecule has 9 heteroatoms. The van der Waals surface area contributed by atoms with Crippen LogP contribution in [0.25, 0.3) is 11.1 Å². The highest BCUT2D eigenvalue weighted by Gasteiger charge is 2.42. The van der Waals surface area contributed by atoms with Gasteiger partial charge in [0.1, 0.15) is 6.61 Å². The van der Waals surface area contributed by atoms with Gasteiger partial charge in [-0.2, -0.15) is 8.78 Å². The lowest BCUT2D eigenvalue weighted by Gasteiger charge is -2.31. The minimum atomic E-state index is -3.95. The number of nitrogens with one attached hydrogen (secondary N) is 2. The maximum atomic E-state index is 14.4. The van der Waals surface area contributed by atoms with E-state index in [1.165, 1.54) is 0 Å². The Hall–Kier alpha value is -3.49. The Morgan fingerprint density at radius 3 is 2.03 bits per heavy atom. The normalized spacial score (nSPS) is 14.0. The van der Waals surface area contributed by atoms with Gasteiger partial charge in [0.25, 0.3) is 5.91 Å². The van der Waals surface area contributed by atoms with Crippen LogP contribution in [0.2, 0.25) is 0 Å². The number of benzene rings is 2. The predicted octanol–water partition coefficient (Wildman–Crippen LogP) is 4.17. The monoisotopic (exact) mass is 474 g/mol. The smallest absolute Gasteiger partial charge is 0.407 e. The number of halogens is 2. The fourth-order valence-electron chi connectivity index (χ4n) is 3.93. The van der Waals surface area contributed by atoms with E-state index in [1.807, 2.05) is 53.8 Å². The zero-order chi connectivity index (χ0) is 25.1. The minimum Gasteiger partial charge on any atom is -0.481 e. The molecule has 1 unspecified atom stereocenters. The molecule has 0 aromatic heterocycles. The van der Waals surface area contributed by atoms with E-state index in [-0.39, 0.29) is 12.5 Å². The maximum Gasteiger partial charge on any atom is 0.407 e. The molecule has 1 atom stereocenters.